The molecule has 0 atom stereocenters. The van der Waals surface area contributed by atoms with E-state index in [0.717, 1.165) is 15.8 Å². The quantitative estimate of drug-likeness (QED) is 0.639. The van der Waals surface area contributed by atoms with Crippen molar-refractivity contribution in [3.63, 3.8) is 0 Å². The minimum Gasteiger partial charge on any atom is -0.399 e. The molecule has 0 bridgehead atoms. The molecule has 1 amide bonds. The summed E-state index contributed by atoms with van der Waals surface area (Å²) < 4.78 is 0. The van der Waals surface area contributed by atoms with Gasteiger partial charge in [0.05, 0.1) is 12.1 Å². The number of benzene rings is 1. The minimum absolute atomic E-state index is 0.136. The van der Waals surface area contributed by atoms with Crippen molar-refractivity contribution >= 4 is 33.8 Å². The van der Waals surface area contributed by atoms with Crippen molar-refractivity contribution in [1.29, 1.82) is 0 Å². The molecule has 0 saturated carbocycles. The van der Waals surface area contributed by atoms with Crippen molar-refractivity contribution in [2.75, 3.05) is 5.73 Å². The Morgan fingerprint density at radius 2 is 2.32 bits per heavy atom. The Balaban J connectivity index is 1.77. The van der Waals surface area contributed by atoms with Gasteiger partial charge in [0.1, 0.15) is 5.69 Å². The van der Waals surface area contributed by atoms with Crippen molar-refractivity contribution in [2.45, 2.75) is 6.54 Å². The van der Waals surface area contributed by atoms with Gasteiger partial charge < -0.3 is 16.0 Å². The predicted molar refractivity (Wildman–Crippen MR) is 76.0 cm³/mol. The molecule has 0 radical (unpaired) electrons. The maximum atomic E-state index is 12.0. The summed E-state index contributed by atoms with van der Waals surface area (Å²) in [5.74, 6) is -0.136. The third-order valence-corrected chi connectivity index (χ3v) is 3.58. The van der Waals surface area contributed by atoms with E-state index in [4.69, 9.17) is 5.73 Å². The highest BCUT2D eigenvalue weighted by atomic mass is 32.1. The molecule has 2 heterocycles. The van der Waals surface area contributed by atoms with Gasteiger partial charge in [-0.1, -0.05) is 0 Å². The second-order valence-corrected chi connectivity index (χ2v) is 5.15. The van der Waals surface area contributed by atoms with E-state index < -0.39 is 0 Å². The Hall–Kier alpha value is -2.34. The lowest BCUT2D eigenvalue weighted by Gasteiger charge is -2.00. The van der Waals surface area contributed by atoms with Crippen LogP contribution in [0.4, 0.5) is 5.69 Å². The van der Waals surface area contributed by atoms with Gasteiger partial charge in [0.15, 0.2) is 0 Å². The van der Waals surface area contributed by atoms with Gasteiger partial charge in [-0.25, -0.2) is 0 Å². The maximum Gasteiger partial charge on any atom is 0.268 e. The van der Waals surface area contributed by atoms with Gasteiger partial charge in [-0.05, 0) is 24.3 Å². The van der Waals surface area contributed by atoms with E-state index in [1.54, 1.807) is 23.8 Å². The molecule has 2 aromatic heterocycles. The first kappa shape index (κ1) is 11.7. The molecule has 19 heavy (non-hydrogen) atoms. The second-order valence-electron chi connectivity index (χ2n) is 4.18. The maximum absolute atomic E-state index is 12.0. The molecule has 6 heteroatoms. The van der Waals surface area contributed by atoms with Gasteiger partial charge in [-0.15, -0.1) is 11.3 Å². The van der Waals surface area contributed by atoms with E-state index in [0.29, 0.717) is 17.9 Å². The SMILES string of the molecule is Nc1ccc2[nH]c(C(=O)NCc3cncs3)cc2c1. The van der Waals surface area contributed by atoms with Crippen molar-refractivity contribution in [3.05, 3.63) is 46.5 Å². The Morgan fingerprint density at radius 1 is 1.42 bits per heavy atom. The number of aromatic nitrogens is 2. The number of nitrogens with zero attached hydrogens (tertiary/aromatic N) is 1. The van der Waals surface area contributed by atoms with Crippen molar-refractivity contribution in [2.24, 2.45) is 0 Å². The monoisotopic (exact) mass is 272 g/mol. The lowest BCUT2D eigenvalue weighted by atomic mass is 10.2. The molecule has 0 aliphatic heterocycles. The van der Waals surface area contributed by atoms with Gasteiger partial charge in [0.2, 0.25) is 0 Å². The number of H-pyrrole nitrogens is 1. The lowest BCUT2D eigenvalue weighted by molar-refractivity contribution is 0.0947. The van der Waals surface area contributed by atoms with Gasteiger partial charge in [-0.2, -0.15) is 0 Å². The topological polar surface area (TPSA) is 83.8 Å². The number of thiazole rings is 1. The van der Waals surface area contributed by atoms with Crippen LogP contribution in [0.3, 0.4) is 0 Å². The Bertz CT molecular complexity index is 717. The number of hydrogen-bond acceptors (Lipinski definition) is 4. The summed E-state index contributed by atoms with van der Waals surface area (Å²) >= 11 is 1.51. The number of nitrogens with one attached hydrogen (secondary N) is 2. The summed E-state index contributed by atoms with van der Waals surface area (Å²) in [5, 5.41) is 3.78. The van der Waals surface area contributed by atoms with Crippen LogP contribution in [-0.2, 0) is 6.54 Å². The van der Waals surface area contributed by atoms with Crippen molar-refractivity contribution < 1.29 is 4.79 Å². The lowest BCUT2D eigenvalue weighted by Crippen LogP contribution is -2.22. The van der Waals surface area contributed by atoms with Crippen LogP contribution in [0.1, 0.15) is 15.4 Å². The zero-order valence-electron chi connectivity index (χ0n) is 10.0. The molecular weight excluding hydrogens is 260 g/mol. The fourth-order valence-corrected chi connectivity index (χ4v) is 2.40. The van der Waals surface area contributed by atoms with E-state index in [1.807, 2.05) is 12.1 Å². The van der Waals surface area contributed by atoms with E-state index in [2.05, 4.69) is 15.3 Å². The molecule has 3 aromatic rings. The molecule has 1 aromatic carbocycles. The number of rotatable bonds is 3. The number of nitrogens with two attached hydrogens (primary N) is 1. The predicted octanol–water partition coefficient (Wildman–Crippen LogP) is 2.14. The second kappa shape index (κ2) is 4.74. The zero-order chi connectivity index (χ0) is 13.2. The first-order valence-electron chi connectivity index (χ1n) is 5.76. The van der Waals surface area contributed by atoms with Crippen molar-refractivity contribution in [1.82, 2.24) is 15.3 Å². The van der Waals surface area contributed by atoms with Gasteiger partial charge >= 0.3 is 0 Å². The number of aromatic amines is 1. The van der Waals surface area contributed by atoms with Crippen LogP contribution < -0.4 is 11.1 Å². The summed E-state index contributed by atoms with van der Waals surface area (Å²) in [4.78, 5) is 20.1. The summed E-state index contributed by atoms with van der Waals surface area (Å²) in [6.07, 6.45) is 1.75. The molecule has 5 nitrogen and oxygen atoms in total. The first-order valence-corrected chi connectivity index (χ1v) is 6.64. The van der Waals surface area contributed by atoms with E-state index >= 15 is 0 Å². The molecule has 0 unspecified atom stereocenters. The molecule has 4 N–H and O–H groups in total. The Labute approximate surface area is 113 Å². The Morgan fingerprint density at radius 3 is 3.11 bits per heavy atom. The van der Waals surface area contributed by atoms with Crippen LogP contribution in [0.25, 0.3) is 10.9 Å². The summed E-state index contributed by atoms with van der Waals surface area (Å²) in [6, 6.07) is 7.31. The summed E-state index contributed by atoms with van der Waals surface area (Å²) in [7, 11) is 0. The largest absolute Gasteiger partial charge is 0.399 e. The molecule has 0 aliphatic rings. The Kier molecular flexibility index (Phi) is 2.92. The van der Waals surface area contributed by atoms with Crippen LogP contribution in [0.5, 0.6) is 0 Å². The number of anilines is 1. The normalized spacial score (nSPS) is 10.7. The highest BCUT2D eigenvalue weighted by Crippen LogP contribution is 2.18. The van der Waals surface area contributed by atoms with Crippen LogP contribution in [-0.4, -0.2) is 15.9 Å². The number of carbonyl (C=O) groups is 1. The number of amides is 1. The van der Waals surface area contributed by atoms with Crippen LogP contribution in [0.15, 0.2) is 36.0 Å². The zero-order valence-corrected chi connectivity index (χ0v) is 10.8. The highest BCUT2D eigenvalue weighted by molar-refractivity contribution is 7.09. The average molecular weight is 272 g/mol. The fraction of sp³-hybridized carbons (Fsp3) is 0.0769. The number of carbonyl (C=O) groups excluding carboxylic acids is 1. The minimum atomic E-state index is -0.136. The van der Waals surface area contributed by atoms with Crippen LogP contribution >= 0.6 is 11.3 Å². The number of fused-ring (bicyclic) bond motifs is 1. The van der Waals surface area contributed by atoms with Crippen LogP contribution in [0.2, 0.25) is 0 Å². The fourth-order valence-electron chi connectivity index (χ4n) is 1.87. The van der Waals surface area contributed by atoms with E-state index in [9.17, 15) is 4.79 Å². The van der Waals surface area contributed by atoms with Gasteiger partial charge in [0, 0.05) is 27.7 Å². The number of nitrogen functional groups attached to an aromatic ring is 1. The summed E-state index contributed by atoms with van der Waals surface area (Å²) in [6.45, 7) is 0.487. The molecule has 0 spiro atoms. The first-order chi connectivity index (χ1) is 9.22. The van der Waals surface area contributed by atoms with Gasteiger partial charge in [-0.3, -0.25) is 9.78 Å². The molecule has 0 aliphatic carbocycles. The molecule has 96 valence electrons. The molecular formula is C13H12N4OS. The average Bonchev–Trinajstić information content (AvgIpc) is 3.04. The van der Waals surface area contributed by atoms with Crippen LogP contribution in [0, 0.1) is 0 Å². The smallest absolute Gasteiger partial charge is 0.268 e. The van der Waals surface area contributed by atoms with Gasteiger partial charge in [0.25, 0.3) is 5.91 Å². The third kappa shape index (κ3) is 2.43. The molecule has 0 fully saturated rings. The third-order valence-electron chi connectivity index (χ3n) is 2.80. The highest BCUT2D eigenvalue weighted by Gasteiger charge is 2.09. The van der Waals surface area contributed by atoms with E-state index in [-0.39, 0.29) is 5.91 Å². The number of hydrogen-bond donors (Lipinski definition) is 3. The standard InChI is InChI=1S/C13H12N4OS/c14-9-1-2-11-8(3-9)4-12(17-11)13(18)16-6-10-5-15-7-19-10/h1-5,7,17H,6,14H2,(H,16,18). The van der Waals surface area contributed by atoms with E-state index in [1.165, 1.54) is 11.3 Å². The molecule has 0 saturated heterocycles. The molecule has 3 rings (SSSR count). The van der Waals surface area contributed by atoms with Crippen molar-refractivity contribution in [3.8, 4) is 0 Å². The summed E-state index contributed by atoms with van der Waals surface area (Å²) in [5.41, 5.74) is 9.57.